The molecule has 1 aliphatic rings. The van der Waals surface area contributed by atoms with E-state index in [-0.39, 0.29) is 0 Å². The average Bonchev–Trinajstić information content (AvgIpc) is 2.50. The summed E-state index contributed by atoms with van der Waals surface area (Å²) in [6.07, 6.45) is 1.14. The Morgan fingerprint density at radius 1 is 1.14 bits per heavy atom. The van der Waals surface area contributed by atoms with E-state index in [0.717, 1.165) is 26.1 Å². The molecule has 1 fully saturated rings. The molecule has 118 valence electrons. The van der Waals surface area contributed by atoms with Crippen LogP contribution >= 0.6 is 0 Å². The molecule has 0 radical (unpaired) electrons. The predicted molar refractivity (Wildman–Crippen MR) is 90.9 cm³/mol. The highest BCUT2D eigenvalue weighted by Crippen LogP contribution is 2.10. The summed E-state index contributed by atoms with van der Waals surface area (Å²) in [5.41, 5.74) is 1.21. The van der Waals surface area contributed by atoms with Gasteiger partial charge in [-0.2, -0.15) is 0 Å². The zero-order valence-corrected chi connectivity index (χ0v) is 13.7. The summed E-state index contributed by atoms with van der Waals surface area (Å²) in [7, 11) is 4.46. The molecule has 1 aromatic carbocycles. The zero-order valence-electron chi connectivity index (χ0n) is 13.7. The molecule has 2 N–H and O–H groups in total. The van der Waals surface area contributed by atoms with Crippen LogP contribution in [0.25, 0.3) is 0 Å². The van der Waals surface area contributed by atoms with E-state index in [2.05, 4.69) is 65.7 Å². The van der Waals surface area contributed by atoms with Gasteiger partial charge in [-0.15, -0.1) is 0 Å². The van der Waals surface area contributed by atoms with Gasteiger partial charge in [-0.1, -0.05) is 18.2 Å². The molecule has 2 atom stereocenters. The lowest BCUT2D eigenvalue weighted by Crippen LogP contribution is -2.57. The van der Waals surface area contributed by atoms with Gasteiger partial charge in [0.05, 0.1) is 0 Å². The van der Waals surface area contributed by atoms with Gasteiger partial charge in [0, 0.05) is 44.0 Å². The third-order valence-corrected chi connectivity index (χ3v) is 4.40. The fourth-order valence-electron chi connectivity index (χ4n) is 2.93. The van der Waals surface area contributed by atoms with Crippen LogP contribution in [0.4, 0.5) is 5.69 Å². The summed E-state index contributed by atoms with van der Waals surface area (Å²) >= 11 is 0. The molecule has 4 heteroatoms. The van der Waals surface area contributed by atoms with Crippen LogP contribution in [0, 0.1) is 0 Å². The highest BCUT2D eigenvalue weighted by molar-refractivity contribution is 5.42. The molecule has 1 saturated heterocycles. The number of piperazine rings is 1. The van der Waals surface area contributed by atoms with E-state index in [1.807, 2.05) is 6.07 Å². The van der Waals surface area contributed by atoms with Gasteiger partial charge in [0.15, 0.2) is 0 Å². The zero-order chi connectivity index (χ0) is 15.1. The molecule has 2 unspecified atom stereocenters. The molecule has 0 spiro atoms. The lowest BCUT2D eigenvalue weighted by molar-refractivity contribution is 0.0922. The van der Waals surface area contributed by atoms with Crippen LogP contribution in [0.5, 0.6) is 0 Å². The molecule has 0 bridgehead atoms. The fraction of sp³-hybridized carbons (Fsp3) is 0.647. The fourth-order valence-corrected chi connectivity index (χ4v) is 2.93. The maximum atomic E-state index is 3.68. The highest BCUT2D eigenvalue weighted by Gasteiger charge is 2.26. The number of benzene rings is 1. The molecule has 0 amide bonds. The Balaban J connectivity index is 1.61. The first-order valence-electron chi connectivity index (χ1n) is 8.08. The van der Waals surface area contributed by atoms with Gasteiger partial charge in [-0.3, -0.25) is 4.90 Å². The summed E-state index contributed by atoms with van der Waals surface area (Å²) in [6, 6.07) is 11.6. The van der Waals surface area contributed by atoms with Crippen LogP contribution in [-0.4, -0.2) is 68.7 Å². The minimum absolute atomic E-state index is 0.537. The first-order valence-corrected chi connectivity index (χ1v) is 8.08. The molecule has 0 aromatic heterocycles. The molecule has 0 saturated carbocycles. The predicted octanol–water partition coefficient (Wildman–Crippen LogP) is 1.71. The number of nitrogens with zero attached hydrogens (tertiary/aromatic N) is 2. The van der Waals surface area contributed by atoms with Crippen molar-refractivity contribution in [2.24, 2.45) is 0 Å². The molecule has 2 rings (SSSR count). The smallest absolute Gasteiger partial charge is 0.0371 e. The van der Waals surface area contributed by atoms with E-state index in [9.17, 15) is 0 Å². The second kappa shape index (κ2) is 8.37. The number of para-hydroxylation sites is 1. The van der Waals surface area contributed by atoms with Crippen LogP contribution in [0.2, 0.25) is 0 Å². The Morgan fingerprint density at radius 2 is 1.90 bits per heavy atom. The Morgan fingerprint density at radius 3 is 2.67 bits per heavy atom. The van der Waals surface area contributed by atoms with Crippen molar-refractivity contribution >= 4 is 5.69 Å². The number of hydrogen-bond acceptors (Lipinski definition) is 4. The van der Waals surface area contributed by atoms with Gasteiger partial charge in [0.2, 0.25) is 0 Å². The molecular weight excluding hydrogens is 260 g/mol. The SMILES string of the molecule is CC(NCCCNc1ccccc1)C1CN(C)CCN1C. The second-order valence-electron chi connectivity index (χ2n) is 6.20. The Hall–Kier alpha value is -1.10. The summed E-state index contributed by atoms with van der Waals surface area (Å²) in [5, 5.41) is 7.14. The summed E-state index contributed by atoms with van der Waals surface area (Å²) < 4.78 is 0. The van der Waals surface area contributed by atoms with E-state index in [1.165, 1.54) is 18.8 Å². The normalized spacial score (nSPS) is 22.1. The van der Waals surface area contributed by atoms with Crippen molar-refractivity contribution in [1.29, 1.82) is 0 Å². The van der Waals surface area contributed by atoms with Crippen molar-refractivity contribution in [3.05, 3.63) is 30.3 Å². The molecule has 1 aliphatic heterocycles. The van der Waals surface area contributed by atoms with Crippen molar-refractivity contribution in [3.8, 4) is 0 Å². The molecular formula is C17H30N4. The van der Waals surface area contributed by atoms with Crippen molar-refractivity contribution in [2.75, 3.05) is 52.1 Å². The van der Waals surface area contributed by atoms with Crippen molar-refractivity contribution in [1.82, 2.24) is 15.1 Å². The van der Waals surface area contributed by atoms with Gasteiger partial charge >= 0.3 is 0 Å². The van der Waals surface area contributed by atoms with Gasteiger partial charge in [0.1, 0.15) is 0 Å². The van der Waals surface area contributed by atoms with Gasteiger partial charge in [-0.25, -0.2) is 0 Å². The van der Waals surface area contributed by atoms with E-state index in [1.54, 1.807) is 0 Å². The monoisotopic (exact) mass is 290 g/mol. The van der Waals surface area contributed by atoms with Crippen molar-refractivity contribution in [2.45, 2.75) is 25.4 Å². The molecule has 0 aliphatic carbocycles. The highest BCUT2D eigenvalue weighted by atomic mass is 15.3. The summed E-state index contributed by atoms with van der Waals surface area (Å²) in [6.45, 7) is 7.90. The molecule has 21 heavy (non-hydrogen) atoms. The van der Waals surface area contributed by atoms with E-state index in [4.69, 9.17) is 0 Å². The molecule has 1 heterocycles. The van der Waals surface area contributed by atoms with E-state index < -0.39 is 0 Å². The largest absolute Gasteiger partial charge is 0.385 e. The van der Waals surface area contributed by atoms with Crippen molar-refractivity contribution in [3.63, 3.8) is 0 Å². The third-order valence-electron chi connectivity index (χ3n) is 4.40. The molecule has 1 aromatic rings. The first-order chi connectivity index (χ1) is 10.2. The quantitative estimate of drug-likeness (QED) is 0.749. The number of rotatable bonds is 7. The van der Waals surface area contributed by atoms with Crippen LogP contribution in [0.1, 0.15) is 13.3 Å². The standard InChI is InChI=1S/C17H30N4/c1-15(17-14-20(2)12-13-21(17)3)18-10-7-11-19-16-8-5-4-6-9-16/h4-6,8-9,15,17-19H,7,10-14H2,1-3H3. The number of anilines is 1. The van der Waals surface area contributed by atoms with E-state index >= 15 is 0 Å². The van der Waals surface area contributed by atoms with Gasteiger partial charge < -0.3 is 15.5 Å². The topological polar surface area (TPSA) is 30.5 Å². The molecule has 4 nitrogen and oxygen atoms in total. The van der Waals surface area contributed by atoms with Gasteiger partial charge in [-0.05, 0) is 46.1 Å². The Labute approximate surface area is 129 Å². The maximum Gasteiger partial charge on any atom is 0.0371 e. The number of nitrogens with one attached hydrogen (secondary N) is 2. The van der Waals surface area contributed by atoms with Crippen LogP contribution in [-0.2, 0) is 0 Å². The Bertz CT molecular complexity index is 395. The van der Waals surface area contributed by atoms with Gasteiger partial charge in [0.25, 0.3) is 0 Å². The summed E-state index contributed by atoms with van der Waals surface area (Å²) in [5.74, 6) is 0. The van der Waals surface area contributed by atoms with Crippen LogP contribution in [0.3, 0.4) is 0 Å². The maximum absolute atomic E-state index is 3.68. The first kappa shape index (κ1) is 16.3. The minimum atomic E-state index is 0.537. The number of likely N-dealkylation sites (N-methyl/N-ethyl adjacent to an activating group) is 2. The third kappa shape index (κ3) is 5.30. The lowest BCUT2D eigenvalue weighted by Gasteiger charge is -2.41. The average molecular weight is 290 g/mol. The van der Waals surface area contributed by atoms with Crippen LogP contribution < -0.4 is 10.6 Å². The minimum Gasteiger partial charge on any atom is -0.385 e. The lowest BCUT2D eigenvalue weighted by atomic mass is 10.1. The summed E-state index contributed by atoms with van der Waals surface area (Å²) in [4.78, 5) is 4.92. The number of hydrogen-bond donors (Lipinski definition) is 2. The Kier molecular flexibility index (Phi) is 6.49. The van der Waals surface area contributed by atoms with E-state index in [0.29, 0.717) is 12.1 Å². The second-order valence-corrected chi connectivity index (χ2v) is 6.20. The van der Waals surface area contributed by atoms with Crippen LogP contribution in [0.15, 0.2) is 30.3 Å². The van der Waals surface area contributed by atoms with Crippen molar-refractivity contribution < 1.29 is 0 Å².